The van der Waals surface area contributed by atoms with Gasteiger partial charge in [-0.3, -0.25) is 0 Å². The molecule has 2 aromatic rings. The van der Waals surface area contributed by atoms with Crippen LogP contribution in [0.4, 0.5) is 0 Å². The van der Waals surface area contributed by atoms with Gasteiger partial charge in [0.05, 0.1) is 11.2 Å². The molecule has 0 atom stereocenters. The lowest BCUT2D eigenvalue weighted by Gasteiger charge is -2.12. The van der Waals surface area contributed by atoms with Gasteiger partial charge < -0.3 is 14.6 Å². The summed E-state index contributed by atoms with van der Waals surface area (Å²) in [7, 11) is 1.84. The zero-order chi connectivity index (χ0) is 13.0. The summed E-state index contributed by atoms with van der Waals surface area (Å²) in [6.45, 7) is 0.893. The smallest absolute Gasteiger partial charge is 0.174 e. The number of ether oxygens (including phenoxy) is 1. The molecule has 1 heterocycles. The van der Waals surface area contributed by atoms with Gasteiger partial charge in [-0.15, -0.1) is 0 Å². The maximum Gasteiger partial charge on any atom is 0.174 e. The van der Waals surface area contributed by atoms with Gasteiger partial charge in [0, 0.05) is 23.2 Å². The lowest BCUT2D eigenvalue weighted by atomic mass is 10.2. The Hall–Kier alpha value is -1.23. The van der Waals surface area contributed by atoms with Crippen molar-refractivity contribution in [2.75, 3.05) is 7.05 Å². The molecule has 6 heteroatoms. The quantitative estimate of drug-likeness (QED) is 0.916. The van der Waals surface area contributed by atoms with Crippen molar-refractivity contribution in [1.29, 1.82) is 0 Å². The summed E-state index contributed by atoms with van der Waals surface area (Å²) in [6, 6.07) is 5.21. The molecule has 0 radical (unpaired) electrons. The topological polar surface area (TPSA) is 47.3 Å². The second-order valence-corrected chi connectivity index (χ2v) is 4.52. The van der Waals surface area contributed by atoms with E-state index in [4.69, 9.17) is 32.5 Å². The lowest BCUT2D eigenvalue weighted by Crippen LogP contribution is -2.08. The molecule has 0 spiro atoms. The van der Waals surface area contributed by atoms with Crippen molar-refractivity contribution < 1.29 is 9.26 Å². The normalized spacial score (nSPS) is 10.6. The van der Waals surface area contributed by atoms with Gasteiger partial charge in [0.1, 0.15) is 12.4 Å². The van der Waals surface area contributed by atoms with E-state index in [-0.39, 0.29) is 6.61 Å². The maximum absolute atomic E-state index is 6.13. The van der Waals surface area contributed by atoms with E-state index in [1.165, 1.54) is 0 Å². The molecular weight excluding hydrogens is 275 g/mol. The van der Waals surface area contributed by atoms with E-state index < -0.39 is 0 Å². The van der Waals surface area contributed by atoms with Gasteiger partial charge in [0.15, 0.2) is 5.76 Å². The van der Waals surface area contributed by atoms with Crippen LogP contribution in [0.3, 0.4) is 0 Å². The molecule has 2 rings (SSSR count). The van der Waals surface area contributed by atoms with Crippen LogP contribution in [0.15, 0.2) is 28.9 Å². The minimum atomic E-state index is 0.276. The van der Waals surface area contributed by atoms with Crippen LogP contribution in [0, 0.1) is 0 Å². The number of nitrogens with zero attached hydrogens (tertiary/aromatic N) is 1. The third kappa shape index (κ3) is 3.16. The Kier molecular flexibility index (Phi) is 4.47. The third-order valence-corrected chi connectivity index (χ3v) is 2.80. The van der Waals surface area contributed by atoms with Crippen molar-refractivity contribution in [3.63, 3.8) is 0 Å². The number of aromatic nitrogens is 1. The molecule has 0 saturated carbocycles. The van der Waals surface area contributed by atoms with E-state index in [0.717, 1.165) is 5.56 Å². The molecule has 0 aliphatic carbocycles. The molecule has 18 heavy (non-hydrogen) atoms. The van der Waals surface area contributed by atoms with E-state index in [1.54, 1.807) is 18.3 Å². The van der Waals surface area contributed by atoms with E-state index >= 15 is 0 Å². The Bertz CT molecular complexity index is 515. The van der Waals surface area contributed by atoms with Gasteiger partial charge in [0.2, 0.25) is 0 Å². The average molecular weight is 287 g/mol. The van der Waals surface area contributed by atoms with E-state index in [0.29, 0.717) is 28.1 Å². The van der Waals surface area contributed by atoms with Crippen LogP contribution in [0.2, 0.25) is 10.0 Å². The summed E-state index contributed by atoms with van der Waals surface area (Å²) < 4.78 is 10.6. The molecule has 1 N–H and O–H groups in total. The van der Waals surface area contributed by atoms with Crippen molar-refractivity contribution in [1.82, 2.24) is 10.5 Å². The van der Waals surface area contributed by atoms with Crippen molar-refractivity contribution in [2.45, 2.75) is 13.2 Å². The van der Waals surface area contributed by atoms with Crippen molar-refractivity contribution in [3.05, 3.63) is 45.8 Å². The van der Waals surface area contributed by atoms with Crippen molar-refractivity contribution >= 4 is 23.2 Å². The third-order valence-electron chi connectivity index (χ3n) is 2.30. The molecule has 1 aromatic carbocycles. The standard InChI is InChI=1S/C12H12Cl2N2O2/c1-15-6-8-4-9(13)5-11(14)12(8)17-7-10-2-3-16-18-10/h2-5,15H,6-7H2,1H3. The van der Waals surface area contributed by atoms with E-state index in [9.17, 15) is 0 Å². The molecule has 0 saturated heterocycles. The summed E-state index contributed by atoms with van der Waals surface area (Å²) >= 11 is 12.1. The molecule has 0 aliphatic heterocycles. The Morgan fingerprint density at radius 1 is 1.39 bits per heavy atom. The van der Waals surface area contributed by atoms with Crippen LogP contribution in [-0.2, 0) is 13.2 Å². The Balaban J connectivity index is 2.19. The van der Waals surface area contributed by atoms with E-state index in [1.807, 2.05) is 13.1 Å². The summed E-state index contributed by atoms with van der Waals surface area (Å²) in [6.07, 6.45) is 1.57. The summed E-state index contributed by atoms with van der Waals surface area (Å²) in [5, 5.41) is 7.71. The van der Waals surface area contributed by atoms with Gasteiger partial charge in [-0.2, -0.15) is 0 Å². The first-order valence-electron chi connectivity index (χ1n) is 5.35. The Morgan fingerprint density at radius 3 is 2.89 bits per heavy atom. The van der Waals surface area contributed by atoms with Crippen LogP contribution in [0.5, 0.6) is 5.75 Å². The monoisotopic (exact) mass is 286 g/mol. The fourth-order valence-corrected chi connectivity index (χ4v) is 2.15. The van der Waals surface area contributed by atoms with Crippen LogP contribution in [-0.4, -0.2) is 12.2 Å². The zero-order valence-corrected chi connectivity index (χ0v) is 11.3. The van der Waals surface area contributed by atoms with Gasteiger partial charge >= 0.3 is 0 Å². The number of rotatable bonds is 5. The highest BCUT2D eigenvalue weighted by atomic mass is 35.5. The first-order chi connectivity index (χ1) is 8.70. The van der Waals surface area contributed by atoms with Crippen LogP contribution >= 0.6 is 23.2 Å². The number of nitrogens with one attached hydrogen (secondary N) is 1. The number of hydrogen-bond donors (Lipinski definition) is 1. The molecule has 0 unspecified atom stereocenters. The van der Waals surface area contributed by atoms with E-state index in [2.05, 4.69) is 10.5 Å². The van der Waals surface area contributed by atoms with Crippen LogP contribution in [0.1, 0.15) is 11.3 Å². The fourth-order valence-electron chi connectivity index (χ4n) is 1.56. The predicted molar refractivity (Wildman–Crippen MR) is 70.1 cm³/mol. The zero-order valence-electron chi connectivity index (χ0n) is 9.74. The highest BCUT2D eigenvalue weighted by Gasteiger charge is 2.11. The predicted octanol–water partition coefficient (Wildman–Crippen LogP) is 3.28. The second kappa shape index (κ2) is 6.09. The summed E-state index contributed by atoms with van der Waals surface area (Å²) in [4.78, 5) is 0. The van der Waals surface area contributed by atoms with Gasteiger partial charge in [-0.1, -0.05) is 28.4 Å². The maximum atomic E-state index is 6.13. The van der Waals surface area contributed by atoms with Crippen molar-refractivity contribution in [2.24, 2.45) is 0 Å². The molecule has 1 aromatic heterocycles. The highest BCUT2D eigenvalue weighted by Crippen LogP contribution is 2.33. The summed E-state index contributed by atoms with van der Waals surface area (Å²) in [5.74, 6) is 1.24. The van der Waals surface area contributed by atoms with Gasteiger partial charge in [-0.05, 0) is 19.2 Å². The minimum absolute atomic E-state index is 0.276. The van der Waals surface area contributed by atoms with Crippen LogP contribution < -0.4 is 10.1 Å². The largest absolute Gasteiger partial charge is 0.484 e. The SMILES string of the molecule is CNCc1cc(Cl)cc(Cl)c1OCc1ccno1. The van der Waals surface area contributed by atoms with Gasteiger partial charge in [0.25, 0.3) is 0 Å². The molecule has 4 nitrogen and oxygen atoms in total. The highest BCUT2D eigenvalue weighted by molar-refractivity contribution is 6.35. The summed E-state index contributed by atoms with van der Waals surface area (Å²) in [5.41, 5.74) is 0.898. The number of hydrogen-bond acceptors (Lipinski definition) is 4. The first-order valence-corrected chi connectivity index (χ1v) is 6.11. The molecule has 96 valence electrons. The molecule has 0 bridgehead atoms. The molecule has 0 aliphatic rings. The van der Waals surface area contributed by atoms with Gasteiger partial charge in [-0.25, -0.2) is 0 Å². The van der Waals surface area contributed by atoms with Crippen molar-refractivity contribution in [3.8, 4) is 5.75 Å². The number of benzene rings is 1. The molecular formula is C12H12Cl2N2O2. The lowest BCUT2D eigenvalue weighted by molar-refractivity contribution is 0.247. The molecule has 0 amide bonds. The fraction of sp³-hybridized carbons (Fsp3) is 0.250. The second-order valence-electron chi connectivity index (χ2n) is 3.67. The average Bonchev–Trinajstić information content (AvgIpc) is 2.81. The van der Waals surface area contributed by atoms with Crippen LogP contribution in [0.25, 0.3) is 0 Å². The first kappa shape index (κ1) is 13.2. The number of halogens is 2. The Labute approximate surface area is 115 Å². The molecule has 0 fully saturated rings. The Morgan fingerprint density at radius 2 is 2.22 bits per heavy atom. The minimum Gasteiger partial charge on any atom is -0.484 e.